The highest BCUT2D eigenvalue weighted by atomic mass is 32.2. The van der Waals surface area contributed by atoms with E-state index in [-0.39, 0.29) is 22.4 Å². The Kier molecular flexibility index (Phi) is 4.72. The Morgan fingerprint density at radius 3 is 2.43 bits per heavy atom. The second-order valence-electron chi connectivity index (χ2n) is 5.35. The first-order valence-electron chi connectivity index (χ1n) is 6.76. The Labute approximate surface area is 125 Å². The van der Waals surface area contributed by atoms with Gasteiger partial charge in [-0.1, -0.05) is 12.1 Å². The zero-order valence-electron chi connectivity index (χ0n) is 11.9. The standard InChI is InChI=1S/C13H20N2O4S2/c1-10-8-11(9-14)2-3-13(10)21(18,19)15-12-4-6-20(16,17)7-5-12/h2-3,8,12,15H,4-7,9,14H2,1H3. The monoisotopic (exact) mass is 332 g/mol. The number of aryl methyl sites for hydroxylation is 1. The molecule has 0 unspecified atom stereocenters. The van der Waals surface area contributed by atoms with Gasteiger partial charge >= 0.3 is 0 Å². The molecule has 118 valence electrons. The Balaban J connectivity index is 2.16. The topological polar surface area (TPSA) is 106 Å². The lowest BCUT2D eigenvalue weighted by Gasteiger charge is -2.23. The number of benzene rings is 1. The molecule has 2 rings (SSSR count). The average molecular weight is 332 g/mol. The third-order valence-electron chi connectivity index (χ3n) is 3.64. The van der Waals surface area contributed by atoms with Crippen LogP contribution in [0.1, 0.15) is 24.0 Å². The minimum absolute atomic E-state index is 0.0330. The van der Waals surface area contributed by atoms with E-state index >= 15 is 0 Å². The van der Waals surface area contributed by atoms with Crippen molar-refractivity contribution in [2.75, 3.05) is 11.5 Å². The van der Waals surface area contributed by atoms with Crippen molar-refractivity contribution in [1.82, 2.24) is 4.72 Å². The maximum atomic E-state index is 12.4. The number of nitrogens with two attached hydrogens (primary N) is 1. The van der Waals surface area contributed by atoms with Gasteiger partial charge in [-0.25, -0.2) is 21.6 Å². The molecule has 0 bridgehead atoms. The number of sulfone groups is 1. The van der Waals surface area contributed by atoms with Gasteiger partial charge in [-0.3, -0.25) is 0 Å². The van der Waals surface area contributed by atoms with Crippen LogP contribution in [0.3, 0.4) is 0 Å². The maximum absolute atomic E-state index is 12.4. The molecule has 0 radical (unpaired) electrons. The molecule has 1 saturated heterocycles. The number of hydrogen-bond donors (Lipinski definition) is 2. The van der Waals surface area contributed by atoms with Crippen molar-refractivity contribution in [1.29, 1.82) is 0 Å². The van der Waals surface area contributed by atoms with Crippen LogP contribution in [0.4, 0.5) is 0 Å². The molecule has 1 aromatic rings. The van der Waals surface area contributed by atoms with E-state index in [4.69, 9.17) is 5.73 Å². The van der Waals surface area contributed by atoms with Crippen LogP contribution in [-0.4, -0.2) is 34.4 Å². The summed E-state index contributed by atoms with van der Waals surface area (Å²) in [4.78, 5) is 0.216. The van der Waals surface area contributed by atoms with Crippen LogP contribution in [0.25, 0.3) is 0 Å². The van der Waals surface area contributed by atoms with Crippen molar-refractivity contribution in [3.05, 3.63) is 29.3 Å². The molecule has 0 aliphatic carbocycles. The molecule has 1 aliphatic rings. The Morgan fingerprint density at radius 2 is 1.90 bits per heavy atom. The minimum Gasteiger partial charge on any atom is -0.326 e. The summed E-state index contributed by atoms with van der Waals surface area (Å²) >= 11 is 0. The van der Waals surface area contributed by atoms with E-state index in [9.17, 15) is 16.8 Å². The molecule has 0 spiro atoms. The van der Waals surface area contributed by atoms with Gasteiger partial charge in [0, 0.05) is 12.6 Å². The SMILES string of the molecule is Cc1cc(CN)ccc1S(=O)(=O)NC1CCS(=O)(=O)CC1. The zero-order valence-corrected chi connectivity index (χ0v) is 13.5. The highest BCUT2D eigenvalue weighted by Crippen LogP contribution is 2.19. The summed E-state index contributed by atoms with van der Waals surface area (Å²) in [6.07, 6.45) is 0.642. The van der Waals surface area contributed by atoms with Crippen LogP contribution >= 0.6 is 0 Å². The zero-order chi connectivity index (χ0) is 15.7. The largest absolute Gasteiger partial charge is 0.326 e. The van der Waals surface area contributed by atoms with E-state index in [2.05, 4.69) is 4.72 Å². The summed E-state index contributed by atoms with van der Waals surface area (Å²) in [5.74, 6) is 0.0660. The van der Waals surface area contributed by atoms with Gasteiger partial charge in [-0.2, -0.15) is 0 Å². The maximum Gasteiger partial charge on any atom is 0.241 e. The van der Waals surface area contributed by atoms with Gasteiger partial charge in [0.2, 0.25) is 10.0 Å². The van der Waals surface area contributed by atoms with Gasteiger partial charge in [0.1, 0.15) is 9.84 Å². The minimum atomic E-state index is -3.64. The molecule has 6 nitrogen and oxygen atoms in total. The molecule has 1 fully saturated rings. The summed E-state index contributed by atoms with van der Waals surface area (Å²) in [6.45, 7) is 2.08. The summed E-state index contributed by atoms with van der Waals surface area (Å²) in [5, 5.41) is 0. The van der Waals surface area contributed by atoms with Gasteiger partial charge in [-0.15, -0.1) is 0 Å². The van der Waals surface area contributed by atoms with E-state index in [0.29, 0.717) is 24.9 Å². The van der Waals surface area contributed by atoms with Crippen LogP contribution in [0, 0.1) is 6.92 Å². The van der Waals surface area contributed by atoms with E-state index in [0.717, 1.165) is 5.56 Å². The van der Waals surface area contributed by atoms with Gasteiger partial charge in [0.25, 0.3) is 0 Å². The fraction of sp³-hybridized carbons (Fsp3) is 0.538. The molecule has 0 aromatic heterocycles. The second-order valence-corrected chi connectivity index (χ2v) is 9.34. The van der Waals surface area contributed by atoms with E-state index in [1.807, 2.05) is 0 Å². The quantitative estimate of drug-likeness (QED) is 0.825. The third kappa shape index (κ3) is 4.03. The summed E-state index contributed by atoms with van der Waals surface area (Å²) in [6, 6.07) is 4.65. The van der Waals surface area contributed by atoms with Crippen LogP contribution < -0.4 is 10.5 Å². The van der Waals surface area contributed by atoms with Crippen molar-refractivity contribution in [3.8, 4) is 0 Å². The van der Waals surface area contributed by atoms with Crippen LogP contribution in [-0.2, 0) is 26.4 Å². The first kappa shape index (κ1) is 16.4. The lowest BCUT2D eigenvalue weighted by Crippen LogP contribution is -2.40. The fourth-order valence-electron chi connectivity index (χ4n) is 2.43. The highest BCUT2D eigenvalue weighted by Gasteiger charge is 2.28. The molecule has 3 N–H and O–H groups in total. The van der Waals surface area contributed by atoms with Crippen molar-refractivity contribution < 1.29 is 16.8 Å². The normalized spacial score (nSPS) is 19.5. The molecule has 21 heavy (non-hydrogen) atoms. The van der Waals surface area contributed by atoms with Gasteiger partial charge < -0.3 is 5.73 Å². The predicted octanol–water partition coefficient (Wildman–Crippen LogP) is 0.309. The number of sulfonamides is 1. The molecular formula is C13H20N2O4S2. The lowest BCUT2D eigenvalue weighted by atomic mass is 10.1. The first-order chi connectivity index (χ1) is 9.73. The van der Waals surface area contributed by atoms with Crippen molar-refractivity contribution >= 4 is 19.9 Å². The van der Waals surface area contributed by atoms with Gasteiger partial charge in [-0.05, 0) is 37.0 Å². The van der Waals surface area contributed by atoms with Gasteiger partial charge in [0.15, 0.2) is 0 Å². The Hall–Kier alpha value is -0.960. The molecule has 0 saturated carbocycles. The molecule has 8 heteroatoms. The molecule has 1 heterocycles. The smallest absolute Gasteiger partial charge is 0.241 e. The highest BCUT2D eigenvalue weighted by molar-refractivity contribution is 7.91. The van der Waals surface area contributed by atoms with E-state index < -0.39 is 19.9 Å². The Morgan fingerprint density at radius 1 is 1.29 bits per heavy atom. The average Bonchev–Trinajstić information content (AvgIpc) is 2.40. The van der Waals surface area contributed by atoms with Crippen molar-refractivity contribution in [2.45, 2.75) is 37.2 Å². The summed E-state index contributed by atoms with van der Waals surface area (Å²) in [7, 11) is -6.64. The van der Waals surface area contributed by atoms with Crippen molar-refractivity contribution in [2.24, 2.45) is 5.73 Å². The summed E-state index contributed by atoms with van der Waals surface area (Å²) < 4.78 is 50.1. The van der Waals surface area contributed by atoms with Crippen molar-refractivity contribution in [3.63, 3.8) is 0 Å². The molecule has 1 aliphatic heterocycles. The molecule has 1 aromatic carbocycles. The third-order valence-corrected chi connectivity index (χ3v) is 7.04. The van der Waals surface area contributed by atoms with E-state index in [1.54, 1.807) is 25.1 Å². The van der Waals surface area contributed by atoms with Gasteiger partial charge in [0.05, 0.1) is 16.4 Å². The number of rotatable bonds is 4. The molecule has 0 amide bonds. The predicted molar refractivity (Wildman–Crippen MR) is 81.1 cm³/mol. The first-order valence-corrected chi connectivity index (χ1v) is 10.1. The molecule has 0 atom stereocenters. The molecular weight excluding hydrogens is 312 g/mol. The van der Waals surface area contributed by atoms with Crippen LogP contribution in [0.15, 0.2) is 23.1 Å². The van der Waals surface area contributed by atoms with Crippen LogP contribution in [0.2, 0.25) is 0 Å². The summed E-state index contributed by atoms with van der Waals surface area (Å²) in [5.41, 5.74) is 7.03. The fourth-order valence-corrected chi connectivity index (χ4v) is 5.45. The van der Waals surface area contributed by atoms with E-state index in [1.165, 1.54) is 0 Å². The Bertz CT molecular complexity index is 713. The lowest BCUT2D eigenvalue weighted by molar-refractivity contribution is 0.505. The van der Waals surface area contributed by atoms with Crippen LogP contribution in [0.5, 0.6) is 0 Å². The second kappa shape index (κ2) is 6.04. The number of nitrogens with one attached hydrogen (secondary N) is 1. The number of hydrogen-bond acceptors (Lipinski definition) is 5.